The minimum Gasteiger partial charge on any atom is -0.381 e. The first-order valence-electron chi connectivity index (χ1n) is 9.56. The number of para-hydroxylation sites is 1. The zero-order chi connectivity index (χ0) is 19.9. The predicted molar refractivity (Wildman–Crippen MR) is 118 cm³/mol. The normalized spacial score (nSPS) is 10.4. The molecule has 0 radical (unpaired) electrons. The Morgan fingerprint density at radius 3 is 2.39 bits per heavy atom. The van der Waals surface area contributed by atoms with Gasteiger partial charge in [-0.3, -0.25) is 4.79 Å². The lowest BCUT2D eigenvalue weighted by atomic mass is 10.1. The van der Waals surface area contributed by atoms with Crippen LogP contribution in [0.25, 0.3) is 0 Å². The zero-order valence-electron chi connectivity index (χ0n) is 16.7. The number of nitrogens with one attached hydrogen (secondary N) is 2. The van der Waals surface area contributed by atoms with Gasteiger partial charge in [0.05, 0.1) is 0 Å². The van der Waals surface area contributed by atoms with Gasteiger partial charge in [0.2, 0.25) is 0 Å². The van der Waals surface area contributed by atoms with Crippen LogP contribution in [0.2, 0.25) is 0 Å². The van der Waals surface area contributed by atoms with E-state index in [1.165, 1.54) is 5.56 Å². The van der Waals surface area contributed by atoms with Gasteiger partial charge in [-0.2, -0.15) is 0 Å². The van der Waals surface area contributed by atoms with Crippen LogP contribution in [0, 0.1) is 0 Å². The second kappa shape index (κ2) is 9.09. The highest BCUT2D eigenvalue weighted by molar-refractivity contribution is 6.04. The minimum atomic E-state index is -0.103. The topological polar surface area (TPSA) is 44.4 Å². The molecule has 0 aliphatic carbocycles. The molecule has 2 N–H and O–H groups in total. The molecule has 0 atom stereocenters. The molecule has 1 amide bonds. The van der Waals surface area contributed by atoms with E-state index in [1.54, 1.807) is 0 Å². The Hall–Kier alpha value is -3.27. The molecule has 0 aliphatic heterocycles. The summed E-state index contributed by atoms with van der Waals surface area (Å²) in [6.45, 7) is 2.83. The third-order valence-corrected chi connectivity index (χ3v) is 4.71. The quantitative estimate of drug-likeness (QED) is 0.600. The van der Waals surface area contributed by atoms with Crippen LogP contribution < -0.4 is 15.5 Å². The summed E-state index contributed by atoms with van der Waals surface area (Å²) in [7, 11) is 3.98. The summed E-state index contributed by atoms with van der Waals surface area (Å²) in [6, 6.07) is 23.9. The fraction of sp³-hybridized carbons (Fsp3) is 0.208. The molecule has 0 saturated heterocycles. The van der Waals surface area contributed by atoms with Crippen molar-refractivity contribution < 1.29 is 4.79 Å². The standard InChI is InChI=1S/C24H27N3O/c1-4-19-9-5-6-11-23(19)25-17-18-8-7-10-20(16-18)24(28)26-21-12-14-22(15-13-21)27(2)3/h5-16,25H,4,17H2,1-3H3,(H,26,28). The number of nitrogens with zero attached hydrogens (tertiary/aromatic N) is 1. The maximum absolute atomic E-state index is 12.6. The van der Waals surface area contributed by atoms with Crippen molar-refractivity contribution in [2.24, 2.45) is 0 Å². The van der Waals surface area contributed by atoms with Crippen LogP contribution in [-0.4, -0.2) is 20.0 Å². The van der Waals surface area contributed by atoms with E-state index in [-0.39, 0.29) is 5.91 Å². The third-order valence-electron chi connectivity index (χ3n) is 4.71. The van der Waals surface area contributed by atoms with Crippen LogP contribution in [0.4, 0.5) is 17.1 Å². The maximum Gasteiger partial charge on any atom is 0.255 e. The number of amides is 1. The van der Waals surface area contributed by atoms with Crippen molar-refractivity contribution >= 4 is 23.0 Å². The van der Waals surface area contributed by atoms with Gasteiger partial charge in [0, 0.05) is 43.3 Å². The van der Waals surface area contributed by atoms with Crippen LogP contribution in [0.5, 0.6) is 0 Å². The first kappa shape index (κ1) is 19.5. The Bertz CT molecular complexity index is 933. The molecule has 4 heteroatoms. The van der Waals surface area contributed by atoms with Gasteiger partial charge >= 0.3 is 0 Å². The van der Waals surface area contributed by atoms with E-state index in [9.17, 15) is 4.79 Å². The van der Waals surface area contributed by atoms with E-state index >= 15 is 0 Å². The Balaban J connectivity index is 1.66. The van der Waals surface area contributed by atoms with Gasteiger partial charge in [-0.05, 0) is 60.0 Å². The molecule has 0 spiro atoms. The molecule has 0 saturated carbocycles. The smallest absolute Gasteiger partial charge is 0.255 e. The maximum atomic E-state index is 12.6. The lowest BCUT2D eigenvalue weighted by Gasteiger charge is -2.13. The van der Waals surface area contributed by atoms with Crippen LogP contribution in [0.1, 0.15) is 28.4 Å². The van der Waals surface area contributed by atoms with Crippen molar-refractivity contribution in [1.82, 2.24) is 0 Å². The van der Waals surface area contributed by atoms with E-state index < -0.39 is 0 Å². The van der Waals surface area contributed by atoms with E-state index in [0.29, 0.717) is 12.1 Å². The van der Waals surface area contributed by atoms with Gasteiger partial charge in [0.1, 0.15) is 0 Å². The van der Waals surface area contributed by atoms with Crippen LogP contribution in [-0.2, 0) is 13.0 Å². The summed E-state index contributed by atoms with van der Waals surface area (Å²) in [5.74, 6) is -0.103. The molecule has 0 aromatic heterocycles. The van der Waals surface area contributed by atoms with Crippen molar-refractivity contribution in [3.8, 4) is 0 Å². The summed E-state index contributed by atoms with van der Waals surface area (Å²) in [5, 5.41) is 6.44. The molecule has 0 unspecified atom stereocenters. The molecule has 3 aromatic rings. The number of anilines is 3. The van der Waals surface area contributed by atoms with Gasteiger partial charge in [-0.15, -0.1) is 0 Å². The number of aryl methyl sites for hydroxylation is 1. The van der Waals surface area contributed by atoms with Gasteiger partial charge in [-0.1, -0.05) is 37.3 Å². The predicted octanol–water partition coefficient (Wildman–Crippen LogP) is 5.18. The van der Waals surface area contributed by atoms with Crippen LogP contribution in [0.3, 0.4) is 0 Å². The van der Waals surface area contributed by atoms with E-state index in [0.717, 1.165) is 29.0 Å². The SMILES string of the molecule is CCc1ccccc1NCc1cccc(C(=O)Nc2ccc(N(C)C)cc2)c1. The second-order valence-corrected chi connectivity index (χ2v) is 6.96. The minimum absolute atomic E-state index is 0.103. The molecule has 144 valence electrons. The van der Waals surface area contributed by atoms with Gasteiger partial charge in [0.25, 0.3) is 5.91 Å². The number of rotatable bonds is 7. The van der Waals surface area contributed by atoms with Crippen LogP contribution in [0.15, 0.2) is 72.8 Å². The second-order valence-electron chi connectivity index (χ2n) is 6.96. The average Bonchev–Trinajstić information content (AvgIpc) is 2.73. The molecule has 0 heterocycles. The summed E-state index contributed by atoms with van der Waals surface area (Å²) in [6.07, 6.45) is 0.984. The highest BCUT2D eigenvalue weighted by Crippen LogP contribution is 2.18. The van der Waals surface area contributed by atoms with Crippen molar-refractivity contribution in [3.63, 3.8) is 0 Å². The molecule has 4 nitrogen and oxygen atoms in total. The highest BCUT2D eigenvalue weighted by atomic mass is 16.1. The summed E-state index contributed by atoms with van der Waals surface area (Å²) in [5.41, 5.74) is 6.04. The van der Waals surface area contributed by atoms with Crippen molar-refractivity contribution in [1.29, 1.82) is 0 Å². The molecule has 0 fully saturated rings. The van der Waals surface area contributed by atoms with Crippen molar-refractivity contribution in [2.45, 2.75) is 19.9 Å². The lowest BCUT2D eigenvalue weighted by molar-refractivity contribution is 0.102. The Kier molecular flexibility index (Phi) is 6.33. The Morgan fingerprint density at radius 2 is 1.68 bits per heavy atom. The molecule has 0 bridgehead atoms. The molecular weight excluding hydrogens is 346 g/mol. The Labute approximate surface area is 167 Å². The van der Waals surface area contributed by atoms with Crippen LogP contribution >= 0.6 is 0 Å². The van der Waals surface area contributed by atoms with Gasteiger partial charge in [-0.25, -0.2) is 0 Å². The number of hydrogen-bond donors (Lipinski definition) is 2. The number of carbonyl (C=O) groups is 1. The average molecular weight is 374 g/mol. The third kappa shape index (κ3) is 4.92. The molecule has 0 aliphatic rings. The molecule has 3 aromatic carbocycles. The lowest BCUT2D eigenvalue weighted by Crippen LogP contribution is -2.13. The summed E-state index contributed by atoms with van der Waals surface area (Å²) < 4.78 is 0. The number of benzene rings is 3. The van der Waals surface area contributed by atoms with E-state index in [2.05, 4.69) is 35.8 Å². The van der Waals surface area contributed by atoms with Crippen molar-refractivity contribution in [3.05, 3.63) is 89.5 Å². The Morgan fingerprint density at radius 1 is 0.929 bits per heavy atom. The summed E-state index contributed by atoms with van der Waals surface area (Å²) in [4.78, 5) is 14.6. The fourth-order valence-corrected chi connectivity index (χ4v) is 3.07. The first-order chi connectivity index (χ1) is 13.6. The first-order valence-corrected chi connectivity index (χ1v) is 9.56. The number of hydrogen-bond acceptors (Lipinski definition) is 3. The van der Waals surface area contributed by atoms with E-state index in [1.807, 2.05) is 73.6 Å². The highest BCUT2D eigenvalue weighted by Gasteiger charge is 2.08. The largest absolute Gasteiger partial charge is 0.381 e. The molecule has 3 rings (SSSR count). The molecule has 28 heavy (non-hydrogen) atoms. The fourth-order valence-electron chi connectivity index (χ4n) is 3.07. The number of carbonyl (C=O) groups excluding carboxylic acids is 1. The van der Waals surface area contributed by atoms with Crippen molar-refractivity contribution in [2.75, 3.05) is 29.6 Å². The molecular formula is C24H27N3O. The van der Waals surface area contributed by atoms with Gasteiger partial charge < -0.3 is 15.5 Å². The van der Waals surface area contributed by atoms with Gasteiger partial charge in [0.15, 0.2) is 0 Å². The zero-order valence-corrected chi connectivity index (χ0v) is 16.7. The monoisotopic (exact) mass is 373 g/mol. The van der Waals surface area contributed by atoms with E-state index in [4.69, 9.17) is 0 Å². The summed E-state index contributed by atoms with van der Waals surface area (Å²) >= 11 is 0.